The van der Waals surface area contributed by atoms with Crippen molar-refractivity contribution in [2.45, 2.75) is 97.3 Å². The second-order valence-corrected chi connectivity index (χ2v) is 6.97. The maximum absolute atomic E-state index is 11.7. The van der Waals surface area contributed by atoms with Crippen molar-refractivity contribution >= 4 is 5.97 Å². The minimum atomic E-state index is 0.00328. The van der Waals surface area contributed by atoms with Crippen LogP contribution in [0.4, 0.5) is 0 Å². The fraction of sp³-hybridized carbons (Fsp3) is 0.850. The molecule has 128 valence electrons. The summed E-state index contributed by atoms with van der Waals surface area (Å²) in [4.78, 5) is 11.7. The standard InChI is InChI=1S/C20H36O2/c1-3-4-5-9-12-18(2)17-22-20(21)14-11-8-6-7-10-13-19-15-16-19/h15,18H,3-14,16-17H2,1-2H3/t18-/m1/s1. The maximum atomic E-state index is 11.7. The summed E-state index contributed by atoms with van der Waals surface area (Å²) in [6, 6.07) is 0. The summed E-state index contributed by atoms with van der Waals surface area (Å²) in [7, 11) is 0. The number of unbranched alkanes of at least 4 members (excludes halogenated alkanes) is 7. The van der Waals surface area contributed by atoms with E-state index in [1.165, 1.54) is 70.6 Å². The molecular weight excluding hydrogens is 272 g/mol. The van der Waals surface area contributed by atoms with E-state index in [2.05, 4.69) is 19.9 Å². The summed E-state index contributed by atoms with van der Waals surface area (Å²) in [6.07, 6.45) is 17.9. The number of hydrogen-bond donors (Lipinski definition) is 0. The zero-order valence-electron chi connectivity index (χ0n) is 14.9. The van der Waals surface area contributed by atoms with Crippen LogP contribution in [0.5, 0.6) is 0 Å². The lowest BCUT2D eigenvalue weighted by molar-refractivity contribution is -0.145. The van der Waals surface area contributed by atoms with Gasteiger partial charge in [0.25, 0.3) is 0 Å². The van der Waals surface area contributed by atoms with Gasteiger partial charge in [-0.25, -0.2) is 0 Å². The SMILES string of the molecule is CCCCCC[C@@H](C)COC(=O)CCCCCCCC1=CC1. The van der Waals surface area contributed by atoms with Crippen molar-refractivity contribution in [3.05, 3.63) is 11.6 Å². The summed E-state index contributed by atoms with van der Waals surface area (Å²) >= 11 is 0. The fourth-order valence-corrected chi connectivity index (χ4v) is 2.74. The van der Waals surface area contributed by atoms with Crippen molar-refractivity contribution in [1.29, 1.82) is 0 Å². The van der Waals surface area contributed by atoms with Crippen molar-refractivity contribution in [2.75, 3.05) is 6.61 Å². The van der Waals surface area contributed by atoms with E-state index in [1.807, 2.05) is 0 Å². The molecule has 0 aromatic carbocycles. The molecule has 0 aliphatic heterocycles. The smallest absolute Gasteiger partial charge is 0.305 e. The van der Waals surface area contributed by atoms with Crippen LogP contribution in [-0.4, -0.2) is 12.6 Å². The van der Waals surface area contributed by atoms with Crippen LogP contribution in [-0.2, 0) is 9.53 Å². The second-order valence-electron chi connectivity index (χ2n) is 6.97. The van der Waals surface area contributed by atoms with Gasteiger partial charge in [-0.15, -0.1) is 0 Å². The van der Waals surface area contributed by atoms with Gasteiger partial charge < -0.3 is 4.74 Å². The fourth-order valence-electron chi connectivity index (χ4n) is 2.74. The number of hydrogen-bond acceptors (Lipinski definition) is 2. The van der Waals surface area contributed by atoms with Gasteiger partial charge in [0, 0.05) is 6.42 Å². The van der Waals surface area contributed by atoms with Gasteiger partial charge in [-0.2, -0.15) is 0 Å². The van der Waals surface area contributed by atoms with Gasteiger partial charge >= 0.3 is 5.97 Å². The normalized spacial score (nSPS) is 14.5. The first-order chi connectivity index (χ1) is 10.7. The maximum Gasteiger partial charge on any atom is 0.305 e. The summed E-state index contributed by atoms with van der Waals surface area (Å²) in [5.74, 6) is 0.515. The van der Waals surface area contributed by atoms with Gasteiger partial charge in [0.2, 0.25) is 0 Å². The van der Waals surface area contributed by atoms with Gasteiger partial charge in [0.15, 0.2) is 0 Å². The van der Waals surface area contributed by atoms with Crippen molar-refractivity contribution in [3.63, 3.8) is 0 Å². The first-order valence-corrected chi connectivity index (χ1v) is 9.56. The monoisotopic (exact) mass is 308 g/mol. The lowest BCUT2D eigenvalue weighted by Crippen LogP contribution is -2.11. The van der Waals surface area contributed by atoms with Gasteiger partial charge in [-0.05, 0) is 38.0 Å². The van der Waals surface area contributed by atoms with Crippen LogP contribution in [0.3, 0.4) is 0 Å². The molecule has 0 saturated heterocycles. The summed E-state index contributed by atoms with van der Waals surface area (Å²) in [6.45, 7) is 5.03. The van der Waals surface area contributed by atoms with Crippen LogP contribution in [0, 0.1) is 5.92 Å². The summed E-state index contributed by atoms with van der Waals surface area (Å²) in [5.41, 5.74) is 1.65. The Hall–Kier alpha value is -0.790. The Balaban J connectivity index is 1.82. The molecule has 1 atom stereocenters. The highest BCUT2D eigenvalue weighted by molar-refractivity contribution is 5.69. The third kappa shape index (κ3) is 11.8. The van der Waals surface area contributed by atoms with E-state index in [0.717, 1.165) is 6.42 Å². The molecule has 1 rings (SSSR count). The average molecular weight is 309 g/mol. The lowest BCUT2D eigenvalue weighted by Gasteiger charge is -2.12. The van der Waals surface area contributed by atoms with Crippen molar-refractivity contribution < 1.29 is 9.53 Å². The van der Waals surface area contributed by atoms with Crippen LogP contribution in [0.15, 0.2) is 11.6 Å². The minimum Gasteiger partial charge on any atom is -0.465 e. The summed E-state index contributed by atoms with van der Waals surface area (Å²) < 4.78 is 5.38. The molecule has 0 unspecified atom stereocenters. The molecule has 0 bridgehead atoms. The van der Waals surface area contributed by atoms with E-state index in [9.17, 15) is 4.79 Å². The predicted octanol–water partition coefficient (Wildman–Crippen LogP) is 6.20. The van der Waals surface area contributed by atoms with Crippen LogP contribution in [0.25, 0.3) is 0 Å². The molecule has 0 heterocycles. The molecule has 2 nitrogen and oxygen atoms in total. The lowest BCUT2D eigenvalue weighted by atomic mass is 10.0. The van der Waals surface area contributed by atoms with E-state index in [-0.39, 0.29) is 5.97 Å². The highest BCUT2D eigenvalue weighted by Crippen LogP contribution is 2.24. The Kier molecular flexibility index (Phi) is 11.1. The molecule has 1 aliphatic carbocycles. The Bertz CT molecular complexity index is 320. The molecule has 0 saturated carbocycles. The molecule has 0 N–H and O–H groups in total. The molecule has 0 amide bonds. The molecule has 0 spiro atoms. The number of rotatable bonds is 15. The Morgan fingerprint density at radius 3 is 2.50 bits per heavy atom. The zero-order chi connectivity index (χ0) is 16.0. The quantitative estimate of drug-likeness (QED) is 0.205. The summed E-state index contributed by atoms with van der Waals surface area (Å²) in [5, 5.41) is 0. The first-order valence-electron chi connectivity index (χ1n) is 9.56. The van der Waals surface area contributed by atoms with Gasteiger partial charge in [-0.3, -0.25) is 4.79 Å². The largest absolute Gasteiger partial charge is 0.465 e. The predicted molar refractivity (Wildman–Crippen MR) is 93.9 cm³/mol. The molecule has 0 aromatic heterocycles. The highest BCUT2D eigenvalue weighted by Gasteiger charge is 2.08. The van der Waals surface area contributed by atoms with E-state index < -0.39 is 0 Å². The average Bonchev–Trinajstić information content (AvgIpc) is 3.33. The van der Waals surface area contributed by atoms with E-state index in [4.69, 9.17) is 4.74 Å². The minimum absolute atomic E-state index is 0.00328. The van der Waals surface area contributed by atoms with Gasteiger partial charge in [0.05, 0.1) is 6.61 Å². The molecule has 1 aliphatic rings. The van der Waals surface area contributed by atoms with Crippen LogP contribution in [0.2, 0.25) is 0 Å². The van der Waals surface area contributed by atoms with Crippen molar-refractivity contribution in [2.24, 2.45) is 5.92 Å². The van der Waals surface area contributed by atoms with Crippen LogP contribution >= 0.6 is 0 Å². The van der Waals surface area contributed by atoms with E-state index >= 15 is 0 Å². The van der Waals surface area contributed by atoms with Gasteiger partial charge in [0.1, 0.15) is 0 Å². The molecule has 0 radical (unpaired) electrons. The second kappa shape index (κ2) is 12.7. The third-order valence-corrected chi connectivity index (χ3v) is 4.45. The highest BCUT2D eigenvalue weighted by atomic mass is 16.5. The van der Waals surface area contributed by atoms with Crippen molar-refractivity contribution in [3.8, 4) is 0 Å². The topological polar surface area (TPSA) is 26.3 Å². The van der Waals surface area contributed by atoms with E-state index in [1.54, 1.807) is 5.57 Å². The molecular formula is C20H36O2. The van der Waals surface area contributed by atoms with Crippen LogP contribution in [0.1, 0.15) is 97.3 Å². The number of allylic oxidation sites excluding steroid dienone is 2. The number of esters is 1. The van der Waals surface area contributed by atoms with Gasteiger partial charge in [-0.1, -0.05) is 70.4 Å². The molecule has 2 heteroatoms. The number of carbonyl (C=O) groups excluding carboxylic acids is 1. The Morgan fingerprint density at radius 2 is 1.77 bits per heavy atom. The number of ether oxygens (including phenoxy) is 1. The molecule has 0 fully saturated rings. The number of carbonyl (C=O) groups is 1. The Morgan fingerprint density at radius 1 is 1.09 bits per heavy atom. The third-order valence-electron chi connectivity index (χ3n) is 4.45. The van der Waals surface area contributed by atoms with Crippen molar-refractivity contribution in [1.82, 2.24) is 0 Å². The zero-order valence-corrected chi connectivity index (χ0v) is 14.9. The first kappa shape index (κ1) is 19.3. The molecule has 22 heavy (non-hydrogen) atoms. The Labute approximate surface area is 137 Å². The van der Waals surface area contributed by atoms with Crippen LogP contribution < -0.4 is 0 Å². The molecule has 0 aromatic rings. The van der Waals surface area contributed by atoms with E-state index in [0.29, 0.717) is 18.9 Å².